The first-order chi connectivity index (χ1) is 22.2. The molecule has 3 fully saturated rings. The van der Waals surface area contributed by atoms with Crippen LogP contribution in [0.15, 0.2) is 24.3 Å². The van der Waals surface area contributed by atoms with E-state index in [2.05, 4.69) is 44.8 Å². The smallest absolute Gasteiger partial charge is 0.245 e. The Morgan fingerprint density at radius 2 is 1.64 bits per heavy atom. The molecule has 1 aliphatic carbocycles. The van der Waals surface area contributed by atoms with E-state index in [4.69, 9.17) is 16.3 Å². The van der Waals surface area contributed by atoms with Crippen molar-refractivity contribution < 1.29 is 19.1 Å². The van der Waals surface area contributed by atoms with E-state index >= 15 is 0 Å². The second-order valence-electron chi connectivity index (χ2n) is 15.9. The lowest BCUT2D eigenvalue weighted by atomic mass is 9.88. The molecule has 0 unspecified atom stereocenters. The molecule has 0 spiro atoms. The van der Waals surface area contributed by atoms with Gasteiger partial charge in [-0.1, -0.05) is 70.7 Å². The number of carbonyl (C=O) groups excluding carboxylic acids is 3. The van der Waals surface area contributed by atoms with Crippen molar-refractivity contribution in [2.45, 2.75) is 129 Å². The van der Waals surface area contributed by atoms with Crippen LogP contribution < -0.4 is 5.32 Å². The van der Waals surface area contributed by atoms with Crippen LogP contribution in [0, 0.1) is 17.8 Å². The van der Waals surface area contributed by atoms with Gasteiger partial charge in [0.15, 0.2) is 0 Å². The molecule has 4 rings (SSSR count). The fourth-order valence-electron chi connectivity index (χ4n) is 7.65. The van der Waals surface area contributed by atoms with Crippen LogP contribution in [0.2, 0.25) is 5.02 Å². The lowest BCUT2D eigenvalue weighted by Gasteiger charge is -2.39. The fraction of sp³-hybridized carbons (Fsp3) is 0.763. The van der Waals surface area contributed by atoms with Crippen LogP contribution in [0.1, 0.15) is 111 Å². The zero-order chi connectivity index (χ0) is 34.3. The Morgan fingerprint density at radius 3 is 2.28 bits per heavy atom. The molecule has 1 saturated carbocycles. The summed E-state index contributed by atoms with van der Waals surface area (Å²) in [6.07, 6.45) is 7.70. The summed E-state index contributed by atoms with van der Waals surface area (Å²) in [5.41, 5.74) is 0.962. The summed E-state index contributed by atoms with van der Waals surface area (Å²) in [7, 11) is 0. The van der Waals surface area contributed by atoms with Crippen LogP contribution in [0.3, 0.4) is 0 Å². The molecule has 0 bridgehead atoms. The number of benzene rings is 1. The molecule has 1 N–H and O–H groups in total. The summed E-state index contributed by atoms with van der Waals surface area (Å²) in [4.78, 5) is 49.0. The summed E-state index contributed by atoms with van der Waals surface area (Å²) in [6, 6.07) is 7.22. The molecule has 0 aromatic heterocycles. The highest BCUT2D eigenvalue weighted by Crippen LogP contribution is 2.34. The van der Waals surface area contributed by atoms with Crippen molar-refractivity contribution in [3.05, 3.63) is 34.9 Å². The topological polar surface area (TPSA) is 82.2 Å². The average molecular weight is 673 g/mol. The third-order valence-corrected chi connectivity index (χ3v) is 10.7. The minimum absolute atomic E-state index is 0.0000857. The van der Waals surface area contributed by atoms with E-state index in [1.54, 1.807) is 0 Å². The monoisotopic (exact) mass is 672 g/mol. The van der Waals surface area contributed by atoms with Crippen molar-refractivity contribution in [1.82, 2.24) is 20.0 Å². The summed E-state index contributed by atoms with van der Waals surface area (Å²) in [6.45, 7) is 17.7. The number of nitrogens with zero attached hydrogens (tertiary/aromatic N) is 3. The number of hydrogen-bond donors (Lipinski definition) is 1. The maximum atomic E-state index is 14.8. The van der Waals surface area contributed by atoms with E-state index in [1.165, 1.54) is 12.8 Å². The molecular formula is C38H61ClN4O4. The first-order valence-electron chi connectivity index (χ1n) is 18.2. The van der Waals surface area contributed by atoms with Gasteiger partial charge in [-0.2, -0.15) is 0 Å². The predicted molar refractivity (Wildman–Crippen MR) is 189 cm³/mol. The van der Waals surface area contributed by atoms with Crippen LogP contribution in [0.25, 0.3) is 0 Å². The van der Waals surface area contributed by atoms with Gasteiger partial charge >= 0.3 is 0 Å². The molecule has 264 valence electrons. The summed E-state index contributed by atoms with van der Waals surface area (Å²) in [5.74, 6) is 0.397. The molecule has 1 aromatic rings. The number of likely N-dealkylation sites (tertiary alicyclic amines) is 1. The molecule has 1 aromatic carbocycles. The lowest BCUT2D eigenvalue weighted by Crippen LogP contribution is -2.53. The number of ether oxygens (including phenoxy) is 1. The zero-order valence-corrected chi connectivity index (χ0v) is 30.9. The Morgan fingerprint density at radius 1 is 0.979 bits per heavy atom. The molecule has 6 atom stereocenters. The minimum Gasteiger partial charge on any atom is -0.378 e. The lowest BCUT2D eigenvalue weighted by molar-refractivity contribution is -0.148. The standard InChI is InChI=1S/C38H61ClN4O4/c1-26(2)35(44)43(32-11-9-8-10-27(3)12-17-32)33-23-34(37(46)41-18-20-47-21-19-41)42(25-33)36(45)30(24-40-38(5,6)7)22-28(4)29-13-15-31(39)16-14-29/h13-16,26-28,30,32-34,40H,8-12,17-25H2,1-7H3/t27-,28-,30+,32+,33+,34+/m1/s1. The molecule has 3 amide bonds. The van der Waals surface area contributed by atoms with Gasteiger partial charge in [-0.25, -0.2) is 0 Å². The molecule has 2 aliphatic heterocycles. The molecule has 9 heteroatoms. The molecule has 2 saturated heterocycles. The van der Waals surface area contributed by atoms with Gasteiger partial charge < -0.3 is 24.8 Å². The third kappa shape index (κ3) is 10.4. The number of halogens is 1. The van der Waals surface area contributed by atoms with E-state index in [9.17, 15) is 14.4 Å². The van der Waals surface area contributed by atoms with Gasteiger partial charge in [-0.15, -0.1) is 0 Å². The van der Waals surface area contributed by atoms with Gasteiger partial charge in [0.05, 0.1) is 25.2 Å². The van der Waals surface area contributed by atoms with Crippen molar-refractivity contribution in [3.63, 3.8) is 0 Å². The van der Waals surface area contributed by atoms with Crippen LogP contribution in [-0.4, -0.2) is 95.5 Å². The highest BCUT2D eigenvalue weighted by molar-refractivity contribution is 6.30. The quantitative estimate of drug-likeness (QED) is 0.307. The molecule has 8 nitrogen and oxygen atoms in total. The Labute approximate surface area is 289 Å². The van der Waals surface area contributed by atoms with Crippen molar-refractivity contribution >= 4 is 29.3 Å². The zero-order valence-electron chi connectivity index (χ0n) is 30.1. The predicted octanol–water partition coefficient (Wildman–Crippen LogP) is 6.51. The van der Waals surface area contributed by atoms with Gasteiger partial charge in [-0.05, 0) is 82.4 Å². The number of hydrogen-bond acceptors (Lipinski definition) is 5. The van der Waals surface area contributed by atoms with Crippen molar-refractivity contribution in [1.29, 1.82) is 0 Å². The Balaban J connectivity index is 1.66. The molecule has 47 heavy (non-hydrogen) atoms. The average Bonchev–Trinajstić information content (AvgIpc) is 3.46. The first-order valence-corrected chi connectivity index (χ1v) is 18.6. The molecule has 3 aliphatic rings. The van der Waals surface area contributed by atoms with E-state index in [1.807, 2.05) is 47.9 Å². The van der Waals surface area contributed by atoms with Gasteiger partial charge in [0.2, 0.25) is 17.7 Å². The van der Waals surface area contributed by atoms with Crippen LogP contribution in [0.5, 0.6) is 0 Å². The number of rotatable bonds is 10. The minimum atomic E-state index is -0.594. The summed E-state index contributed by atoms with van der Waals surface area (Å²) >= 11 is 6.19. The van der Waals surface area contributed by atoms with Crippen molar-refractivity contribution in [2.75, 3.05) is 39.4 Å². The Kier molecular flexibility index (Phi) is 13.6. The van der Waals surface area contributed by atoms with Crippen LogP contribution in [-0.2, 0) is 19.1 Å². The largest absolute Gasteiger partial charge is 0.378 e. The molecular weight excluding hydrogens is 612 g/mol. The highest BCUT2D eigenvalue weighted by Gasteiger charge is 2.47. The molecule has 2 heterocycles. The number of morpholine rings is 1. The Hall–Kier alpha value is -2.16. The third-order valence-electron chi connectivity index (χ3n) is 10.5. The van der Waals surface area contributed by atoms with Crippen molar-refractivity contribution in [3.8, 4) is 0 Å². The van der Waals surface area contributed by atoms with Gasteiger partial charge in [0.1, 0.15) is 6.04 Å². The number of nitrogens with one attached hydrogen (secondary N) is 1. The maximum Gasteiger partial charge on any atom is 0.245 e. The highest BCUT2D eigenvalue weighted by atomic mass is 35.5. The van der Waals surface area contributed by atoms with E-state index in [0.717, 1.165) is 31.2 Å². The Bertz CT molecular complexity index is 1180. The summed E-state index contributed by atoms with van der Waals surface area (Å²) in [5, 5.41) is 4.28. The SMILES string of the molecule is CC(C)C(=O)N([C@H]1CCCC[C@@H](C)CC1)[C@H]1C[C@@H](C(=O)N2CCOCC2)N(C(=O)[C@H](CNC(C)(C)C)C[C@@H](C)c2ccc(Cl)cc2)C1. The summed E-state index contributed by atoms with van der Waals surface area (Å²) < 4.78 is 5.57. The first kappa shape index (κ1) is 37.7. The van der Waals surface area contributed by atoms with E-state index in [0.29, 0.717) is 63.2 Å². The van der Waals surface area contributed by atoms with Gasteiger partial charge in [-0.3, -0.25) is 14.4 Å². The normalized spacial score (nSPS) is 25.6. The second kappa shape index (κ2) is 17.0. The van der Waals surface area contributed by atoms with Gasteiger partial charge in [0.25, 0.3) is 0 Å². The van der Waals surface area contributed by atoms with Gasteiger partial charge in [0, 0.05) is 48.7 Å². The fourth-order valence-corrected chi connectivity index (χ4v) is 7.78. The van der Waals surface area contributed by atoms with Crippen LogP contribution in [0.4, 0.5) is 0 Å². The number of carbonyl (C=O) groups is 3. The van der Waals surface area contributed by atoms with Crippen molar-refractivity contribution in [2.24, 2.45) is 17.8 Å². The second-order valence-corrected chi connectivity index (χ2v) is 16.3. The molecule has 0 radical (unpaired) electrons. The number of amides is 3. The van der Waals surface area contributed by atoms with E-state index < -0.39 is 6.04 Å². The van der Waals surface area contributed by atoms with Crippen LogP contribution >= 0.6 is 11.6 Å². The maximum absolute atomic E-state index is 14.8. The van der Waals surface area contributed by atoms with E-state index in [-0.39, 0.29) is 53.1 Å².